The van der Waals surface area contributed by atoms with E-state index in [2.05, 4.69) is 22.2 Å². The summed E-state index contributed by atoms with van der Waals surface area (Å²) in [4.78, 5) is 20.7. The zero-order chi connectivity index (χ0) is 18.4. The van der Waals surface area contributed by atoms with Gasteiger partial charge in [-0.1, -0.05) is 44.0 Å². The van der Waals surface area contributed by atoms with Gasteiger partial charge in [0.15, 0.2) is 11.3 Å². The highest BCUT2D eigenvalue weighted by Crippen LogP contribution is 2.26. The van der Waals surface area contributed by atoms with E-state index in [1.54, 1.807) is 0 Å². The summed E-state index contributed by atoms with van der Waals surface area (Å²) in [7, 11) is 0. The van der Waals surface area contributed by atoms with Crippen LogP contribution >= 0.6 is 11.8 Å². The Morgan fingerprint density at radius 2 is 2.12 bits per heavy atom. The minimum atomic E-state index is -0.196. The lowest BCUT2D eigenvalue weighted by Gasteiger charge is -2.01. The summed E-state index contributed by atoms with van der Waals surface area (Å²) in [6.07, 6.45) is 5.88. The molecular formula is C19H23N3O3S. The third-order valence-corrected chi connectivity index (χ3v) is 4.76. The number of hydrogen-bond donors (Lipinski definition) is 1. The highest BCUT2D eigenvalue weighted by Gasteiger charge is 2.13. The number of hydrogen-bond acceptors (Lipinski definition) is 6. The normalized spacial score (nSPS) is 11.2. The predicted octanol–water partition coefficient (Wildman–Crippen LogP) is 4.73. The lowest BCUT2D eigenvalue weighted by Crippen LogP contribution is -2.24. The molecule has 0 saturated heterocycles. The maximum atomic E-state index is 12.0. The molecule has 0 atom stereocenters. The number of fused-ring (bicyclic) bond motifs is 1. The molecule has 3 rings (SSSR count). The zero-order valence-electron chi connectivity index (χ0n) is 15.1. The third-order valence-electron chi connectivity index (χ3n) is 3.94. The largest absolute Gasteiger partial charge is 0.447 e. The van der Waals surface area contributed by atoms with E-state index < -0.39 is 0 Å². The van der Waals surface area contributed by atoms with Crippen molar-refractivity contribution in [3.8, 4) is 0 Å². The summed E-state index contributed by atoms with van der Waals surface area (Å²) < 4.78 is 11.1. The van der Waals surface area contributed by atoms with Crippen molar-refractivity contribution in [1.29, 1.82) is 0 Å². The minimum absolute atomic E-state index is 0.196. The Labute approximate surface area is 156 Å². The molecule has 0 aliphatic heterocycles. The Kier molecular flexibility index (Phi) is 6.33. The van der Waals surface area contributed by atoms with Crippen molar-refractivity contribution < 1.29 is 13.6 Å². The Balaban J connectivity index is 1.50. The summed E-state index contributed by atoms with van der Waals surface area (Å²) in [6, 6.07) is 5.88. The first-order chi connectivity index (χ1) is 12.7. The van der Waals surface area contributed by atoms with Crippen LogP contribution in [0.1, 0.15) is 54.5 Å². The highest BCUT2D eigenvalue weighted by molar-refractivity contribution is 7.98. The second-order valence-corrected chi connectivity index (χ2v) is 7.11. The molecule has 2 aromatic heterocycles. The van der Waals surface area contributed by atoms with Crippen LogP contribution in [-0.4, -0.2) is 22.4 Å². The highest BCUT2D eigenvalue weighted by atomic mass is 32.2. The molecule has 0 aliphatic rings. The van der Waals surface area contributed by atoms with Crippen LogP contribution in [0.2, 0.25) is 0 Å². The lowest BCUT2D eigenvalue weighted by atomic mass is 10.2. The average Bonchev–Trinajstić information content (AvgIpc) is 3.25. The molecular weight excluding hydrogens is 350 g/mol. The maximum absolute atomic E-state index is 12.0. The number of nitrogens with one attached hydrogen (secondary N) is 1. The van der Waals surface area contributed by atoms with Crippen LogP contribution in [0.25, 0.3) is 11.1 Å². The van der Waals surface area contributed by atoms with E-state index in [-0.39, 0.29) is 5.91 Å². The summed E-state index contributed by atoms with van der Waals surface area (Å²) in [5.74, 6) is 0.735. The lowest BCUT2D eigenvalue weighted by molar-refractivity contribution is 0.0948. The van der Waals surface area contributed by atoms with Gasteiger partial charge in [0.2, 0.25) is 5.89 Å². The molecule has 0 fully saturated rings. The zero-order valence-corrected chi connectivity index (χ0v) is 15.9. The SMILES string of the molecule is CCCCCCNC(=O)c1coc(CSc2nc3cc(C)ccc3o2)n1. The van der Waals surface area contributed by atoms with Gasteiger partial charge in [-0.15, -0.1) is 0 Å². The number of aromatic nitrogens is 2. The number of rotatable bonds is 9. The van der Waals surface area contributed by atoms with Crippen LogP contribution < -0.4 is 5.32 Å². The van der Waals surface area contributed by atoms with Crippen molar-refractivity contribution in [2.45, 2.75) is 50.5 Å². The first kappa shape index (κ1) is 18.5. The van der Waals surface area contributed by atoms with Gasteiger partial charge in [-0.2, -0.15) is 0 Å². The molecule has 6 nitrogen and oxygen atoms in total. The van der Waals surface area contributed by atoms with Crippen LogP contribution in [0, 0.1) is 6.92 Å². The van der Waals surface area contributed by atoms with Crippen LogP contribution in [0.4, 0.5) is 0 Å². The number of benzene rings is 1. The number of aryl methyl sites for hydroxylation is 1. The molecule has 3 aromatic rings. The van der Waals surface area contributed by atoms with Crippen molar-refractivity contribution in [3.05, 3.63) is 41.6 Å². The molecule has 0 spiro atoms. The van der Waals surface area contributed by atoms with Gasteiger partial charge in [-0.25, -0.2) is 9.97 Å². The average molecular weight is 373 g/mol. The number of carbonyl (C=O) groups excluding carboxylic acids is 1. The number of carbonyl (C=O) groups is 1. The number of amides is 1. The number of nitrogens with zero attached hydrogens (tertiary/aromatic N) is 2. The van der Waals surface area contributed by atoms with Gasteiger partial charge >= 0.3 is 0 Å². The topological polar surface area (TPSA) is 81.2 Å². The van der Waals surface area contributed by atoms with Crippen molar-refractivity contribution in [3.63, 3.8) is 0 Å². The smallest absolute Gasteiger partial charge is 0.273 e. The second-order valence-electron chi connectivity index (χ2n) is 6.18. The van der Waals surface area contributed by atoms with E-state index in [1.807, 2.05) is 25.1 Å². The van der Waals surface area contributed by atoms with E-state index in [4.69, 9.17) is 8.83 Å². The minimum Gasteiger partial charge on any atom is -0.447 e. The van der Waals surface area contributed by atoms with E-state index >= 15 is 0 Å². The van der Waals surface area contributed by atoms with E-state index in [0.29, 0.717) is 29.1 Å². The number of unbranched alkanes of at least 4 members (excludes halogenated alkanes) is 3. The number of thioether (sulfide) groups is 1. The van der Waals surface area contributed by atoms with Crippen LogP contribution in [0.15, 0.2) is 38.5 Å². The molecule has 0 radical (unpaired) electrons. The Hall–Kier alpha value is -2.28. The molecule has 1 amide bonds. The molecule has 0 saturated carbocycles. The molecule has 0 unspecified atom stereocenters. The molecule has 7 heteroatoms. The summed E-state index contributed by atoms with van der Waals surface area (Å²) in [6.45, 7) is 4.84. The molecule has 1 N–H and O–H groups in total. The van der Waals surface area contributed by atoms with Crippen LogP contribution in [0.5, 0.6) is 0 Å². The quantitative estimate of drug-likeness (QED) is 0.431. The fourth-order valence-electron chi connectivity index (χ4n) is 2.53. The number of oxazole rings is 2. The summed E-state index contributed by atoms with van der Waals surface area (Å²) >= 11 is 1.39. The van der Waals surface area contributed by atoms with E-state index in [0.717, 1.165) is 29.5 Å². The predicted molar refractivity (Wildman–Crippen MR) is 101 cm³/mol. The van der Waals surface area contributed by atoms with Gasteiger partial charge in [0.1, 0.15) is 11.8 Å². The van der Waals surface area contributed by atoms with Gasteiger partial charge in [0.25, 0.3) is 11.1 Å². The first-order valence-corrected chi connectivity index (χ1v) is 9.87. The Morgan fingerprint density at radius 3 is 2.96 bits per heavy atom. The summed E-state index contributed by atoms with van der Waals surface area (Å²) in [5.41, 5.74) is 3.04. The van der Waals surface area contributed by atoms with E-state index in [1.165, 1.54) is 30.9 Å². The van der Waals surface area contributed by atoms with Crippen molar-refractivity contribution in [1.82, 2.24) is 15.3 Å². The van der Waals surface area contributed by atoms with Crippen molar-refractivity contribution >= 4 is 28.8 Å². The Bertz CT molecular complexity index is 872. The maximum Gasteiger partial charge on any atom is 0.273 e. The van der Waals surface area contributed by atoms with Crippen LogP contribution in [0.3, 0.4) is 0 Å². The monoisotopic (exact) mass is 373 g/mol. The van der Waals surface area contributed by atoms with Crippen molar-refractivity contribution in [2.75, 3.05) is 6.54 Å². The molecule has 0 bridgehead atoms. The standard InChI is InChI=1S/C19H23N3O3S/c1-3-4-5-6-9-20-18(23)15-11-24-17(21-15)12-26-19-22-14-10-13(2)7-8-16(14)25-19/h7-8,10-11H,3-6,9,12H2,1-2H3,(H,20,23). The summed E-state index contributed by atoms with van der Waals surface area (Å²) in [5, 5.41) is 3.43. The fraction of sp³-hybridized carbons (Fsp3) is 0.421. The van der Waals surface area contributed by atoms with E-state index in [9.17, 15) is 4.79 Å². The van der Waals surface area contributed by atoms with Gasteiger partial charge in [-0.3, -0.25) is 4.79 Å². The molecule has 138 valence electrons. The molecule has 26 heavy (non-hydrogen) atoms. The van der Waals surface area contributed by atoms with Crippen LogP contribution in [-0.2, 0) is 5.75 Å². The second kappa shape index (κ2) is 8.89. The first-order valence-electron chi connectivity index (χ1n) is 8.88. The third kappa shape index (κ3) is 4.88. The van der Waals surface area contributed by atoms with Gasteiger partial charge in [0, 0.05) is 6.54 Å². The van der Waals surface area contributed by atoms with Gasteiger partial charge in [0.05, 0.1) is 5.75 Å². The molecule has 1 aromatic carbocycles. The van der Waals surface area contributed by atoms with Gasteiger partial charge < -0.3 is 14.2 Å². The fourth-order valence-corrected chi connectivity index (χ4v) is 3.22. The molecule has 0 aliphatic carbocycles. The van der Waals surface area contributed by atoms with Gasteiger partial charge in [-0.05, 0) is 31.0 Å². The Morgan fingerprint density at radius 1 is 1.23 bits per heavy atom. The molecule has 2 heterocycles. The van der Waals surface area contributed by atoms with Crippen molar-refractivity contribution in [2.24, 2.45) is 0 Å².